The van der Waals surface area contributed by atoms with Crippen molar-refractivity contribution >= 4 is 32.5 Å². The highest BCUT2D eigenvalue weighted by Crippen LogP contribution is 2.35. The van der Waals surface area contributed by atoms with E-state index in [9.17, 15) is 18.3 Å². The SMILES string of the molecule is C[C@H](O)[C@H](NC(=O)c1c(NS(C)(=O)=O)c(-c2ccccc2)nc2ccccc12)c1ccccc1. The maximum absolute atomic E-state index is 13.8. The average molecular weight is 476 g/mol. The molecule has 2 atom stereocenters. The molecule has 3 aromatic carbocycles. The van der Waals surface area contributed by atoms with E-state index in [1.807, 2.05) is 48.5 Å². The number of carbonyl (C=O) groups excluding carboxylic acids is 1. The fraction of sp³-hybridized carbons (Fsp3) is 0.154. The first-order valence-electron chi connectivity index (χ1n) is 10.7. The summed E-state index contributed by atoms with van der Waals surface area (Å²) in [7, 11) is -3.75. The van der Waals surface area contributed by atoms with Crippen molar-refractivity contribution in [1.82, 2.24) is 10.3 Å². The molecule has 1 aromatic heterocycles. The average Bonchev–Trinajstić information content (AvgIpc) is 2.82. The van der Waals surface area contributed by atoms with E-state index in [0.29, 0.717) is 22.2 Å². The molecular formula is C26H25N3O4S. The standard InChI is InChI=1S/C26H25N3O4S/c1-17(30)23(18-11-5-3-6-12-18)28-26(31)22-20-15-9-10-16-21(20)27-24(19-13-7-4-8-14-19)25(22)29-34(2,32)33/h3-17,23,29-30H,1-2H3,(H,28,31)/t17-,23-/m0/s1. The van der Waals surface area contributed by atoms with Gasteiger partial charge in [-0.25, -0.2) is 13.4 Å². The van der Waals surface area contributed by atoms with E-state index >= 15 is 0 Å². The van der Waals surface area contributed by atoms with E-state index in [4.69, 9.17) is 0 Å². The number of aromatic nitrogens is 1. The zero-order chi connectivity index (χ0) is 24.3. The summed E-state index contributed by atoms with van der Waals surface area (Å²) >= 11 is 0. The number of nitrogens with one attached hydrogen (secondary N) is 2. The third-order valence-electron chi connectivity index (χ3n) is 5.38. The molecule has 4 rings (SSSR count). The van der Waals surface area contributed by atoms with Crippen molar-refractivity contribution in [3.63, 3.8) is 0 Å². The number of hydrogen-bond donors (Lipinski definition) is 3. The van der Waals surface area contributed by atoms with Gasteiger partial charge in [0.1, 0.15) is 0 Å². The zero-order valence-corrected chi connectivity index (χ0v) is 19.6. The molecule has 0 bridgehead atoms. The van der Waals surface area contributed by atoms with Crippen LogP contribution in [0.2, 0.25) is 0 Å². The molecular weight excluding hydrogens is 450 g/mol. The normalized spacial score (nSPS) is 13.3. The van der Waals surface area contributed by atoms with Gasteiger partial charge in [0.25, 0.3) is 5.91 Å². The smallest absolute Gasteiger partial charge is 0.254 e. The van der Waals surface area contributed by atoms with Crippen LogP contribution in [0.15, 0.2) is 84.9 Å². The molecule has 4 aromatic rings. The van der Waals surface area contributed by atoms with Crippen molar-refractivity contribution in [3.8, 4) is 11.3 Å². The number of benzene rings is 3. The summed E-state index contributed by atoms with van der Waals surface area (Å²) in [5.41, 5.74) is 2.48. The summed E-state index contributed by atoms with van der Waals surface area (Å²) in [6, 6.07) is 24.5. The molecule has 1 heterocycles. The number of aliphatic hydroxyl groups is 1. The quantitative estimate of drug-likeness (QED) is 0.373. The third kappa shape index (κ3) is 5.08. The largest absolute Gasteiger partial charge is 0.391 e. The van der Waals surface area contributed by atoms with E-state index in [-0.39, 0.29) is 11.3 Å². The molecule has 0 radical (unpaired) electrons. The summed E-state index contributed by atoms with van der Waals surface area (Å²) in [6.45, 7) is 1.59. The first-order valence-corrected chi connectivity index (χ1v) is 12.6. The van der Waals surface area contributed by atoms with Gasteiger partial charge in [-0.05, 0) is 18.6 Å². The zero-order valence-electron chi connectivity index (χ0n) is 18.8. The number of sulfonamides is 1. The Labute approximate surface area is 198 Å². The molecule has 0 aliphatic heterocycles. The van der Waals surface area contributed by atoms with Gasteiger partial charge in [-0.1, -0.05) is 78.9 Å². The topological polar surface area (TPSA) is 108 Å². The van der Waals surface area contributed by atoms with Crippen LogP contribution in [-0.2, 0) is 10.0 Å². The van der Waals surface area contributed by atoms with Gasteiger partial charge in [0, 0.05) is 10.9 Å². The molecule has 0 spiro atoms. The maximum Gasteiger partial charge on any atom is 0.254 e. The van der Waals surface area contributed by atoms with Crippen molar-refractivity contribution in [2.75, 3.05) is 11.0 Å². The molecule has 0 aliphatic carbocycles. The second kappa shape index (κ2) is 9.62. The number of nitrogens with zero attached hydrogens (tertiary/aromatic N) is 1. The highest BCUT2D eigenvalue weighted by Gasteiger charge is 2.27. The van der Waals surface area contributed by atoms with Crippen LogP contribution in [-0.4, -0.2) is 36.8 Å². The summed E-state index contributed by atoms with van der Waals surface area (Å²) in [6.07, 6.45) is 0.140. The van der Waals surface area contributed by atoms with Crippen molar-refractivity contribution in [1.29, 1.82) is 0 Å². The van der Waals surface area contributed by atoms with Gasteiger partial charge >= 0.3 is 0 Å². The van der Waals surface area contributed by atoms with Crippen LogP contribution >= 0.6 is 0 Å². The Kier molecular flexibility index (Phi) is 6.63. The van der Waals surface area contributed by atoms with Gasteiger partial charge in [-0.3, -0.25) is 9.52 Å². The first kappa shape index (κ1) is 23.4. The Balaban J connectivity index is 1.94. The van der Waals surface area contributed by atoms with Gasteiger partial charge < -0.3 is 10.4 Å². The van der Waals surface area contributed by atoms with E-state index in [1.165, 1.54) is 0 Å². The lowest BCUT2D eigenvalue weighted by molar-refractivity contribution is 0.0860. The third-order valence-corrected chi connectivity index (χ3v) is 5.96. The molecule has 0 saturated heterocycles. The monoisotopic (exact) mass is 475 g/mol. The predicted molar refractivity (Wildman–Crippen MR) is 134 cm³/mol. The number of amides is 1. The lowest BCUT2D eigenvalue weighted by atomic mass is 9.98. The Morgan fingerprint density at radius 2 is 1.50 bits per heavy atom. The van der Waals surface area contributed by atoms with Crippen LogP contribution in [0.5, 0.6) is 0 Å². The van der Waals surface area contributed by atoms with Crippen LogP contribution in [0, 0.1) is 0 Å². The van der Waals surface area contributed by atoms with Gasteiger partial charge in [0.05, 0.1) is 40.9 Å². The number of anilines is 1. The summed E-state index contributed by atoms with van der Waals surface area (Å²) in [5, 5.41) is 13.8. The number of fused-ring (bicyclic) bond motifs is 1. The van der Waals surface area contributed by atoms with Crippen molar-refractivity contribution < 1.29 is 18.3 Å². The Hall–Kier alpha value is -3.75. The number of rotatable bonds is 7. The van der Waals surface area contributed by atoms with Gasteiger partial charge in [-0.15, -0.1) is 0 Å². The lowest BCUT2D eigenvalue weighted by Gasteiger charge is -2.24. The minimum absolute atomic E-state index is 0.0855. The number of aliphatic hydroxyl groups excluding tert-OH is 1. The maximum atomic E-state index is 13.8. The van der Waals surface area contributed by atoms with E-state index in [2.05, 4.69) is 15.0 Å². The van der Waals surface area contributed by atoms with Crippen molar-refractivity contribution in [2.45, 2.75) is 19.1 Å². The van der Waals surface area contributed by atoms with Crippen LogP contribution in [0.3, 0.4) is 0 Å². The second-order valence-corrected chi connectivity index (χ2v) is 9.82. The van der Waals surface area contributed by atoms with E-state index < -0.39 is 28.1 Å². The number of para-hydroxylation sites is 1. The minimum atomic E-state index is -3.75. The highest BCUT2D eigenvalue weighted by atomic mass is 32.2. The molecule has 0 aliphatic rings. The molecule has 3 N–H and O–H groups in total. The van der Waals surface area contributed by atoms with E-state index in [1.54, 1.807) is 43.3 Å². The number of pyridine rings is 1. The Morgan fingerprint density at radius 1 is 0.912 bits per heavy atom. The Morgan fingerprint density at radius 3 is 2.12 bits per heavy atom. The second-order valence-electron chi connectivity index (χ2n) is 8.07. The number of hydrogen-bond acceptors (Lipinski definition) is 5. The van der Waals surface area contributed by atoms with Gasteiger partial charge in [-0.2, -0.15) is 0 Å². The molecule has 0 unspecified atom stereocenters. The molecule has 34 heavy (non-hydrogen) atoms. The Bertz CT molecular complexity index is 1420. The summed E-state index contributed by atoms with van der Waals surface area (Å²) in [4.78, 5) is 18.4. The van der Waals surface area contributed by atoms with Crippen LogP contribution < -0.4 is 10.0 Å². The van der Waals surface area contributed by atoms with E-state index in [0.717, 1.165) is 11.8 Å². The van der Waals surface area contributed by atoms with Gasteiger partial charge in [0.15, 0.2) is 0 Å². The molecule has 1 amide bonds. The van der Waals surface area contributed by atoms with Crippen LogP contribution in [0.25, 0.3) is 22.2 Å². The van der Waals surface area contributed by atoms with Crippen molar-refractivity contribution in [3.05, 3.63) is 96.1 Å². The van der Waals surface area contributed by atoms with Crippen LogP contribution in [0.1, 0.15) is 28.9 Å². The molecule has 0 fully saturated rings. The van der Waals surface area contributed by atoms with Crippen molar-refractivity contribution in [2.24, 2.45) is 0 Å². The minimum Gasteiger partial charge on any atom is -0.391 e. The van der Waals surface area contributed by atoms with Crippen LogP contribution in [0.4, 0.5) is 5.69 Å². The molecule has 7 nitrogen and oxygen atoms in total. The first-order chi connectivity index (χ1) is 16.2. The fourth-order valence-corrected chi connectivity index (χ4v) is 4.46. The predicted octanol–water partition coefficient (Wildman–Crippen LogP) is 4.13. The van der Waals surface area contributed by atoms with Gasteiger partial charge in [0.2, 0.25) is 10.0 Å². The molecule has 174 valence electrons. The lowest BCUT2D eigenvalue weighted by Crippen LogP contribution is -2.35. The molecule has 0 saturated carbocycles. The summed E-state index contributed by atoms with van der Waals surface area (Å²) < 4.78 is 27.2. The summed E-state index contributed by atoms with van der Waals surface area (Å²) in [5.74, 6) is -0.531. The number of carbonyl (C=O) groups is 1. The fourth-order valence-electron chi connectivity index (χ4n) is 3.89. The highest BCUT2D eigenvalue weighted by molar-refractivity contribution is 7.92. The molecule has 8 heteroatoms.